The van der Waals surface area contributed by atoms with Gasteiger partial charge in [0, 0.05) is 18.5 Å². The summed E-state index contributed by atoms with van der Waals surface area (Å²) in [7, 11) is 0. The largest absolute Gasteiger partial charge is 0.293 e. The molecule has 0 bridgehead atoms. The van der Waals surface area contributed by atoms with Crippen LogP contribution in [0.1, 0.15) is 47.7 Å². The molecule has 0 N–H and O–H groups in total. The summed E-state index contributed by atoms with van der Waals surface area (Å²) in [6, 6.07) is 6.34. The van der Waals surface area contributed by atoms with Crippen LogP contribution in [0.3, 0.4) is 0 Å². The van der Waals surface area contributed by atoms with Gasteiger partial charge >= 0.3 is 0 Å². The number of fused-ring (bicyclic) bond motifs is 1. The quantitative estimate of drug-likeness (QED) is 0.440. The molecule has 1 fully saturated rings. The molecule has 130 valence electrons. The number of ketones is 1. The first-order valence-corrected chi connectivity index (χ1v) is 10.3. The van der Waals surface area contributed by atoms with Crippen LogP contribution in [0.25, 0.3) is 0 Å². The van der Waals surface area contributed by atoms with Gasteiger partial charge in [-0.3, -0.25) is 14.5 Å². The first-order valence-electron chi connectivity index (χ1n) is 8.53. The van der Waals surface area contributed by atoms with Crippen LogP contribution in [0.15, 0.2) is 22.5 Å². The van der Waals surface area contributed by atoms with E-state index < -0.39 is 0 Å². The Hall–Kier alpha value is -1.73. The monoisotopic (exact) mass is 373 g/mol. The third-order valence-electron chi connectivity index (χ3n) is 4.60. The average molecular weight is 374 g/mol. The van der Waals surface area contributed by atoms with E-state index in [1.54, 1.807) is 11.8 Å². The van der Waals surface area contributed by atoms with Crippen molar-refractivity contribution >= 4 is 39.9 Å². The zero-order valence-electron chi connectivity index (χ0n) is 14.0. The number of aryl methyl sites for hydroxylation is 2. The highest BCUT2D eigenvalue weighted by atomic mass is 32.2. The van der Waals surface area contributed by atoms with Gasteiger partial charge in [-0.15, -0.1) is 10.2 Å². The van der Waals surface area contributed by atoms with E-state index in [0.29, 0.717) is 10.9 Å². The number of anilines is 1. The molecule has 0 radical (unpaired) electrons. The molecule has 0 atom stereocenters. The normalized spacial score (nSPS) is 15.9. The highest BCUT2D eigenvalue weighted by molar-refractivity contribution is 8.01. The molecule has 7 heteroatoms. The maximum atomic E-state index is 12.5. The van der Waals surface area contributed by atoms with E-state index in [4.69, 9.17) is 0 Å². The Morgan fingerprint density at radius 2 is 2.04 bits per heavy atom. The van der Waals surface area contributed by atoms with Gasteiger partial charge in [-0.1, -0.05) is 35.2 Å². The van der Waals surface area contributed by atoms with Crippen molar-refractivity contribution in [1.29, 1.82) is 0 Å². The van der Waals surface area contributed by atoms with Crippen molar-refractivity contribution in [2.45, 2.75) is 49.4 Å². The molecule has 4 rings (SSSR count). The Kier molecular flexibility index (Phi) is 4.60. The number of nitrogens with zero attached hydrogens (tertiary/aromatic N) is 3. The Bertz CT molecular complexity index is 829. The fraction of sp³-hybridized carbons (Fsp3) is 0.444. The molecule has 5 nitrogen and oxygen atoms in total. The predicted octanol–water partition coefficient (Wildman–Crippen LogP) is 3.52. The summed E-state index contributed by atoms with van der Waals surface area (Å²) in [4.78, 5) is 26.0. The van der Waals surface area contributed by atoms with Gasteiger partial charge in [0.05, 0.1) is 5.75 Å². The van der Waals surface area contributed by atoms with Crippen LogP contribution in [0.2, 0.25) is 0 Å². The molecule has 1 saturated carbocycles. The van der Waals surface area contributed by atoms with Crippen molar-refractivity contribution in [3.63, 3.8) is 0 Å². The summed E-state index contributed by atoms with van der Waals surface area (Å²) in [5, 5.41) is 8.92. The Labute approximate surface area is 154 Å². The van der Waals surface area contributed by atoms with Crippen LogP contribution >= 0.6 is 23.1 Å². The number of aromatic nitrogens is 2. The van der Waals surface area contributed by atoms with Gasteiger partial charge in [0.1, 0.15) is 0 Å². The molecule has 1 aromatic heterocycles. The van der Waals surface area contributed by atoms with Gasteiger partial charge in [0.15, 0.2) is 10.1 Å². The summed E-state index contributed by atoms with van der Waals surface area (Å²) in [5.41, 5.74) is 3.47. The lowest BCUT2D eigenvalue weighted by Gasteiger charge is -2.15. The molecule has 0 aliphatic heterocycles. The van der Waals surface area contributed by atoms with Crippen molar-refractivity contribution in [2.75, 3.05) is 10.7 Å². The van der Waals surface area contributed by atoms with Crippen molar-refractivity contribution in [3.8, 4) is 0 Å². The summed E-state index contributed by atoms with van der Waals surface area (Å²) in [6.07, 6.45) is 5.44. The van der Waals surface area contributed by atoms with E-state index in [2.05, 4.69) is 16.3 Å². The molecular weight excluding hydrogens is 354 g/mol. The molecule has 2 aliphatic rings. The van der Waals surface area contributed by atoms with E-state index in [-0.39, 0.29) is 17.7 Å². The lowest BCUT2D eigenvalue weighted by molar-refractivity contribution is -0.116. The lowest BCUT2D eigenvalue weighted by Crippen LogP contribution is -2.30. The number of carbonyl (C=O) groups is 2. The first kappa shape index (κ1) is 16.7. The number of hydrogen-bond donors (Lipinski definition) is 0. The van der Waals surface area contributed by atoms with E-state index in [9.17, 15) is 9.59 Å². The first-order chi connectivity index (χ1) is 12.1. The second kappa shape index (κ2) is 6.88. The molecule has 1 amide bonds. The van der Waals surface area contributed by atoms with Gasteiger partial charge < -0.3 is 0 Å². The van der Waals surface area contributed by atoms with Crippen LogP contribution in [-0.4, -0.2) is 33.7 Å². The number of Topliss-reactive ketones (excluding diaryl/α,β-unsaturated/α-hetero) is 1. The van der Waals surface area contributed by atoms with Gasteiger partial charge in [-0.05, 0) is 49.3 Å². The zero-order valence-corrected chi connectivity index (χ0v) is 15.7. The SMILES string of the molecule is CC(=O)N(c1nnc(SCC(=O)c2ccc3c(c2)CCC3)s1)C1CC1. The molecule has 0 saturated heterocycles. The zero-order chi connectivity index (χ0) is 17.4. The molecule has 2 aromatic rings. The minimum absolute atomic E-state index is 0.00409. The molecule has 25 heavy (non-hydrogen) atoms. The summed E-state index contributed by atoms with van der Waals surface area (Å²) in [6.45, 7) is 1.56. The number of benzene rings is 1. The van der Waals surface area contributed by atoms with Crippen molar-refractivity contribution in [3.05, 3.63) is 34.9 Å². The van der Waals surface area contributed by atoms with Gasteiger partial charge in [0.25, 0.3) is 0 Å². The summed E-state index contributed by atoms with van der Waals surface area (Å²) < 4.78 is 0.733. The maximum absolute atomic E-state index is 12.5. The smallest absolute Gasteiger partial charge is 0.225 e. The van der Waals surface area contributed by atoms with Gasteiger partial charge in [-0.2, -0.15) is 0 Å². The molecule has 1 heterocycles. The van der Waals surface area contributed by atoms with E-state index in [0.717, 1.165) is 35.6 Å². The minimum Gasteiger partial charge on any atom is -0.293 e. The Morgan fingerprint density at radius 1 is 1.24 bits per heavy atom. The number of hydrogen-bond acceptors (Lipinski definition) is 6. The van der Waals surface area contributed by atoms with E-state index in [1.165, 1.54) is 40.6 Å². The molecular formula is C18H19N3O2S2. The fourth-order valence-electron chi connectivity index (χ4n) is 3.19. The van der Waals surface area contributed by atoms with Gasteiger partial charge in [-0.25, -0.2) is 0 Å². The Balaban J connectivity index is 1.40. The molecule has 0 unspecified atom stereocenters. The van der Waals surface area contributed by atoms with Crippen molar-refractivity contribution in [1.82, 2.24) is 10.2 Å². The minimum atomic E-state index is 0.00409. The van der Waals surface area contributed by atoms with Gasteiger partial charge in [0.2, 0.25) is 11.0 Å². The van der Waals surface area contributed by atoms with E-state index >= 15 is 0 Å². The summed E-state index contributed by atoms with van der Waals surface area (Å²) >= 11 is 2.78. The average Bonchev–Trinajstić information content (AvgIpc) is 3.12. The third-order valence-corrected chi connectivity index (χ3v) is 6.66. The van der Waals surface area contributed by atoms with Crippen molar-refractivity contribution < 1.29 is 9.59 Å². The fourth-order valence-corrected chi connectivity index (χ4v) is 5.05. The number of rotatable bonds is 6. The highest BCUT2D eigenvalue weighted by Gasteiger charge is 2.34. The molecule has 1 aromatic carbocycles. The topological polar surface area (TPSA) is 63.2 Å². The maximum Gasteiger partial charge on any atom is 0.225 e. The number of carbonyl (C=O) groups excluding carboxylic acids is 2. The third kappa shape index (κ3) is 3.62. The van der Waals surface area contributed by atoms with Crippen LogP contribution in [0.4, 0.5) is 5.13 Å². The number of amides is 1. The molecule has 2 aliphatic carbocycles. The van der Waals surface area contributed by atoms with Crippen LogP contribution in [0.5, 0.6) is 0 Å². The number of thioether (sulfide) groups is 1. The summed E-state index contributed by atoms with van der Waals surface area (Å²) in [5.74, 6) is 0.461. The van der Waals surface area contributed by atoms with E-state index in [1.807, 2.05) is 12.1 Å². The molecule has 0 spiro atoms. The second-order valence-corrected chi connectivity index (χ2v) is 8.70. The van der Waals surface area contributed by atoms with Crippen LogP contribution < -0.4 is 4.90 Å². The lowest BCUT2D eigenvalue weighted by atomic mass is 10.0. The second-order valence-electron chi connectivity index (χ2n) is 6.52. The van der Waals surface area contributed by atoms with Crippen molar-refractivity contribution in [2.24, 2.45) is 0 Å². The standard InChI is InChI=1S/C18H19N3O2S2/c1-11(22)21(15-7-8-15)17-19-20-18(25-17)24-10-16(23)14-6-5-12-3-2-4-13(12)9-14/h5-6,9,15H,2-4,7-8,10H2,1H3. The van der Waals surface area contributed by atoms with Crippen LogP contribution in [-0.2, 0) is 17.6 Å². The Morgan fingerprint density at radius 3 is 2.80 bits per heavy atom. The predicted molar refractivity (Wildman–Crippen MR) is 99.6 cm³/mol. The highest BCUT2D eigenvalue weighted by Crippen LogP contribution is 2.36. The van der Waals surface area contributed by atoms with Crippen LogP contribution in [0, 0.1) is 0 Å².